The molecule has 1 atom stereocenters. The largest absolute Gasteiger partial charge is 0.335 e. The fourth-order valence-electron chi connectivity index (χ4n) is 5.82. The molecule has 4 saturated carbocycles. The second-order valence-electron chi connectivity index (χ2n) is 8.20. The zero-order valence-corrected chi connectivity index (χ0v) is 14.7. The highest BCUT2D eigenvalue weighted by molar-refractivity contribution is 6.33. The predicted octanol–water partition coefficient (Wildman–Crippen LogP) is 5.21. The molecule has 1 aromatic rings. The van der Waals surface area contributed by atoms with E-state index in [2.05, 4.69) is 17.6 Å². The van der Waals surface area contributed by atoms with Gasteiger partial charge in [-0.3, -0.25) is 0 Å². The van der Waals surface area contributed by atoms with E-state index in [0.29, 0.717) is 0 Å². The lowest BCUT2D eigenvalue weighted by molar-refractivity contribution is -0.0679. The Balaban J connectivity index is 1.44. The number of urea groups is 1. The van der Waals surface area contributed by atoms with Crippen molar-refractivity contribution in [3.05, 3.63) is 29.0 Å². The van der Waals surface area contributed by atoms with Crippen LogP contribution in [-0.2, 0) is 0 Å². The van der Waals surface area contributed by atoms with Crippen LogP contribution >= 0.6 is 11.6 Å². The van der Waals surface area contributed by atoms with Crippen LogP contribution in [0, 0.1) is 29.0 Å². The second kappa shape index (κ2) is 5.91. The first kappa shape index (κ1) is 16.2. The third-order valence-corrected chi connectivity index (χ3v) is 6.87. The predicted molar refractivity (Wildman–Crippen MR) is 93.6 cm³/mol. The van der Waals surface area contributed by atoms with Crippen molar-refractivity contribution in [2.24, 2.45) is 23.2 Å². The maximum absolute atomic E-state index is 13.8. The molecule has 0 spiro atoms. The van der Waals surface area contributed by atoms with Gasteiger partial charge in [-0.1, -0.05) is 17.7 Å². The molecule has 4 aliphatic carbocycles. The number of carbonyl (C=O) groups is 1. The quantitative estimate of drug-likeness (QED) is 0.772. The maximum atomic E-state index is 13.8. The van der Waals surface area contributed by atoms with E-state index < -0.39 is 5.82 Å². The fourth-order valence-corrected chi connectivity index (χ4v) is 6.03. The van der Waals surface area contributed by atoms with Gasteiger partial charge in [0.25, 0.3) is 0 Å². The first-order valence-electron chi connectivity index (χ1n) is 8.97. The van der Waals surface area contributed by atoms with Crippen LogP contribution in [0.2, 0.25) is 5.02 Å². The smallest absolute Gasteiger partial charge is 0.319 e. The number of para-hydroxylation sites is 1. The summed E-state index contributed by atoms with van der Waals surface area (Å²) in [4.78, 5) is 12.4. The first-order valence-corrected chi connectivity index (χ1v) is 9.34. The van der Waals surface area contributed by atoms with Gasteiger partial charge in [-0.15, -0.1) is 0 Å². The molecule has 0 saturated heterocycles. The number of hydrogen-bond acceptors (Lipinski definition) is 1. The van der Waals surface area contributed by atoms with Gasteiger partial charge >= 0.3 is 6.03 Å². The van der Waals surface area contributed by atoms with Crippen molar-refractivity contribution in [2.75, 3.05) is 5.32 Å². The van der Waals surface area contributed by atoms with Crippen molar-refractivity contribution < 1.29 is 9.18 Å². The van der Waals surface area contributed by atoms with Gasteiger partial charge in [0.1, 0.15) is 5.82 Å². The van der Waals surface area contributed by atoms with Gasteiger partial charge in [-0.2, -0.15) is 0 Å². The van der Waals surface area contributed by atoms with Crippen LogP contribution in [0.5, 0.6) is 0 Å². The molecule has 1 aromatic carbocycles. The summed E-state index contributed by atoms with van der Waals surface area (Å²) in [6.07, 6.45) is 7.80. The lowest BCUT2D eigenvalue weighted by atomic mass is 9.48. The summed E-state index contributed by atoms with van der Waals surface area (Å²) in [6, 6.07) is 4.12. The summed E-state index contributed by atoms with van der Waals surface area (Å²) >= 11 is 5.98. The van der Waals surface area contributed by atoms with Gasteiger partial charge in [0, 0.05) is 6.04 Å². The topological polar surface area (TPSA) is 41.1 Å². The minimum atomic E-state index is -0.514. The number of carbonyl (C=O) groups excluding carboxylic acids is 1. The Kier molecular flexibility index (Phi) is 3.98. The number of anilines is 1. The standard InChI is InChI=1S/C19H24ClFN2O/c1-11(19-8-12-5-13(9-19)7-14(6-12)10-19)22-18(24)23-17-15(20)3-2-4-16(17)21/h2-4,11-14H,5-10H2,1H3,(H2,22,23,24). The van der Waals surface area contributed by atoms with Crippen molar-refractivity contribution in [2.45, 2.75) is 51.5 Å². The summed E-state index contributed by atoms with van der Waals surface area (Å²) in [5.41, 5.74) is 0.278. The molecule has 1 unspecified atom stereocenters. The van der Waals surface area contributed by atoms with E-state index in [4.69, 9.17) is 11.6 Å². The van der Waals surface area contributed by atoms with Gasteiger partial charge in [-0.05, 0) is 80.8 Å². The molecule has 130 valence electrons. The van der Waals surface area contributed by atoms with Crippen LogP contribution in [0.3, 0.4) is 0 Å². The van der Waals surface area contributed by atoms with Gasteiger partial charge < -0.3 is 10.6 Å². The van der Waals surface area contributed by atoms with Crippen LogP contribution in [0.15, 0.2) is 18.2 Å². The Hall–Kier alpha value is -1.29. The Morgan fingerprint density at radius 3 is 2.33 bits per heavy atom. The lowest BCUT2D eigenvalue weighted by Gasteiger charge is -2.59. The molecule has 5 heteroatoms. The van der Waals surface area contributed by atoms with Gasteiger partial charge in [0.05, 0.1) is 10.7 Å². The van der Waals surface area contributed by atoms with Crippen molar-refractivity contribution in [1.82, 2.24) is 5.32 Å². The van der Waals surface area contributed by atoms with E-state index in [1.165, 1.54) is 50.7 Å². The highest BCUT2D eigenvalue weighted by Crippen LogP contribution is 2.61. The second-order valence-corrected chi connectivity index (χ2v) is 8.60. The summed E-state index contributed by atoms with van der Waals surface area (Å²) in [7, 11) is 0. The Bertz CT molecular complexity index is 607. The lowest BCUT2D eigenvalue weighted by Crippen LogP contribution is -2.56. The minimum Gasteiger partial charge on any atom is -0.335 e. The molecule has 5 rings (SSSR count). The molecule has 2 N–H and O–H groups in total. The minimum absolute atomic E-state index is 0.0504. The number of rotatable bonds is 3. The average Bonchev–Trinajstić information content (AvgIpc) is 2.49. The Labute approximate surface area is 147 Å². The zero-order chi connectivity index (χ0) is 16.9. The molecule has 0 aromatic heterocycles. The molecule has 4 aliphatic rings. The maximum Gasteiger partial charge on any atom is 0.319 e. The van der Waals surface area contributed by atoms with Crippen molar-refractivity contribution in [3.8, 4) is 0 Å². The molecule has 3 nitrogen and oxygen atoms in total. The van der Waals surface area contributed by atoms with Crippen molar-refractivity contribution in [3.63, 3.8) is 0 Å². The van der Waals surface area contributed by atoms with Gasteiger partial charge in [0.15, 0.2) is 0 Å². The number of benzene rings is 1. The monoisotopic (exact) mass is 350 g/mol. The fraction of sp³-hybridized carbons (Fsp3) is 0.632. The third-order valence-electron chi connectivity index (χ3n) is 6.55. The van der Waals surface area contributed by atoms with Crippen LogP contribution in [0.25, 0.3) is 0 Å². The van der Waals surface area contributed by atoms with Crippen LogP contribution < -0.4 is 10.6 Å². The molecule has 2 amide bonds. The Morgan fingerprint density at radius 2 is 1.79 bits per heavy atom. The molecule has 4 bridgehead atoms. The highest BCUT2D eigenvalue weighted by atomic mass is 35.5. The van der Waals surface area contributed by atoms with Crippen LogP contribution in [0.4, 0.5) is 14.9 Å². The highest BCUT2D eigenvalue weighted by Gasteiger charge is 2.53. The third kappa shape index (κ3) is 2.79. The van der Waals surface area contributed by atoms with Gasteiger partial charge in [-0.25, -0.2) is 9.18 Å². The summed E-state index contributed by atoms with van der Waals surface area (Å²) < 4.78 is 13.8. The summed E-state index contributed by atoms with van der Waals surface area (Å²) in [6.45, 7) is 2.11. The van der Waals surface area contributed by atoms with Crippen molar-refractivity contribution >= 4 is 23.3 Å². The van der Waals surface area contributed by atoms with Gasteiger partial charge in [0.2, 0.25) is 0 Å². The number of amides is 2. The van der Waals surface area contributed by atoms with E-state index in [-0.39, 0.29) is 28.2 Å². The number of halogens is 2. The number of hydrogen-bond donors (Lipinski definition) is 2. The van der Waals surface area contributed by atoms with Crippen LogP contribution in [-0.4, -0.2) is 12.1 Å². The molecule has 0 aliphatic heterocycles. The van der Waals surface area contributed by atoms with Crippen molar-refractivity contribution in [1.29, 1.82) is 0 Å². The van der Waals surface area contributed by atoms with E-state index in [1.54, 1.807) is 6.07 Å². The first-order chi connectivity index (χ1) is 11.4. The molecule has 24 heavy (non-hydrogen) atoms. The summed E-state index contributed by atoms with van der Waals surface area (Å²) in [5.74, 6) is 2.00. The average molecular weight is 351 g/mol. The SMILES string of the molecule is CC(NC(=O)Nc1c(F)cccc1Cl)C12CC3CC(CC(C3)C1)C2. The van der Waals surface area contributed by atoms with E-state index in [1.807, 2.05) is 0 Å². The van der Waals surface area contributed by atoms with E-state index in [9.17, 15) is 9.18 Å². The molecular formula is C19H24ClFN2O. The Morgan fingerprint density at radius 1 is 1.21 bits per heavy atom. The molecule has 0 heterocycles. The summed E-state index contributed by atoms with van der Waals surface area (Å²) in [5, 5.41) is 5.86. The van der Waals surface area contributed by atoms with E-state index >= 15 is 0 Å². The normalized spacial score (nSPS) is 34.9. The number of nitrogens with one attached hydrogen (secondary N) is 2. The molecular weight excluding hydrogens is 327 g/mol. The molecule has 4 fully saturated rings. The zero-order valence-electron chi connectivity index (χ0n) is 13.9. The molecule has 0 radical (unpaired) electrons. The van der Waals surface area contributed by atoms with E-state index in [0.717, 1.165) is 17.8 Å². The van der Waals surface area contributed by atoms with Crippen LogP contribution in [0.1, 0.15) is 45.4 Å².